The maximum atomic E-state index is 5.04. The minimum absolute atomic E-state index is 0.723. The molecular weight excluding hydrogens is 254 g/mol. The first kappa shape index (κ1) is 14.7. The first-order valence-electron chi connectivity index (χ1n) is 6.81. The maximum absolute atomic E-state index is 5.04. The van der Waals surface area contributed by atoms with Crippen molar-refractivity contribution in [2.45, 2.75) is 26.9 Å². The molecule has 2 heterocycles. The van der Waals surface area contributed by atoms with Crippen LogP contribution in [0.5, 0.6) is 0 Å². The zero-order valence-electron chi connectivity index (χ0n) is 12.7. The Bertz CT molecular complexity index is 558. The van der Waals surface area contributed by atoms with E-state index in [1.54, 1.807) is 7.11 Å². The van der Waals surface area contributed by atoms with Gasteiger partial charge in [0.2, 0.25) is 0 Å². The van der Waals surface area contributed by atoms with E-state index in [1.807, 2.05) is 28.8 Å². The Morgan fingerprint density at radius 3 is 2.80 bits per heavy atom. The Morgan fingerprint density at radius 2 is 2.15 bits per heavy atom. The van der Waals surface area contributed by atoms with Crippen LogP contribution in [0.25, 0.3) is 0 Å². The third kappa shape index (κ3) is 3.26. The predicted octanol–water partition coefficient (Wildman–Crippen LogP) is 1.02. The average Bonchev–Trinajstić information content (AvgIpc) is 2.93. The lowest BCUT2D eigenvalue weighted by atomic mass is 10.2. The SMILES string of the molecule is COCCNCc1c(C)nn(Cc2cncn2C)c1C. The van der Waals surface area contributed by atoms with Crippen molar-refractivity contribution in [1.29, 1.82) is 0 Å². The summed E-state index contributed by atoms with van der Waals surface area (Å²) >= 11 is 0. The molecule has 20 heavy (non-hydrogen) atoms. The Labute approximate surface area is 119 Å². The zero-order chi connectivity index (χ0) is 14.5. The fraction of sp³-hybridized carbons (Fsp3) is 0.571. The average molecular weight is 277 g/mol. The fourth-order valence-electron chi connectivity index (χ4n) is 2.22. The molecule has 0 aliphatic carbocycles. The standard InChI is InChI=1S/C14H23N5O/c1-11-14(8-15-5-6-20-4)12(2)19(17-11)9-13-7-16-10-18(13)3/h7,10,15H,5-6,8-9H2,1-4H3. The number of imidazole rings is 1. The molecule has 0 saturated heterocycles. The van der Waals surface area contributed by atoms with Crippen LogP contribution in [0, 0.1) is 13.8 Å². The number of nitrogens with one attached hydrogen (secondary N) is 1. The highest BCUT2D eigenvalue weighted by molar-refractivity contribution is 5.25. The minimum Gasteiger partial charge on any atom is -0.383 e. The van der Waals surface area contributed by atoms with E-state index in [0.29, 0.717) is 0 Å². The van der Waals surface area contributed by atoms with Crippen LogP contribution in [0.3, 0.4) is 0 Å². The number of rotatable bonds is 7. The molecule has 2 rings (SSSR count). The first-order valence-corrected chi connectivity index (χ1v) is 6.81. The highest BCUT2D eigenvalue weighted by Crippen LogP contribution is 2.14. The van der Waals surface area contributed by atoms with Crippen molar-refractivity contribution in [2.24, 2.45) is 7.05 Å². The number of aromatic nitrogens is 4. The summed E-state index contributed by atoms with van der Waals surface area (Å²) in [6.07, 6.45) is 3.70. The van der Waals surface area contributed by atoms with E-state index >= 15 is 0 Å². The van der Waals surface area contributed by atoms with Crippen molar-refractivity contribution in [1.82, 2.24) is 24.6 Å². The smallest absolute Gasteiger partial charge is 0.0946 e. The fourth-order valence-corrected chi connectivity index (χ4v) is 2.22. The third-order valence-electron chi connectivity index (χ3n) is 3.54. The van der Waals surface area contributed by atoms with Crippen LogP contribution in [0.4, 0.5) is 0 Å². The molecular formula is C14H23N5O. The Kier molecular flexibility index (Phi) is 4.92. The predicted molar refractivity (Wildman–Crippen MR) is 77.6 cm³/mol. The maximum Gasteiger partial charge on any atom is 0.0946 e. The van der Waals surface area contributed by atoms with Crippen LogP contribution in [0.1, 0.15) is 22.6 Å². The van der Waals surface area contributed by atoms with E-state index in [4.69, 9.17) is 4.74 Å². The summed E-state index contributed by atoms with van der Waals surface area (Å²) in [7, 11) is 3.71. The van der Waals surface area contributed by atoms with E-state index in [-0.39, 0.29) is 0 Å². The molecule has 6 nitrogen and oxygen atoms in total. The second-order valence-electron chi connectivity index (χ2n) is 4.97. The van der Waals surface area contributed by atoms with Crippen molar-refractivity contribution >= 4 is 0 Å². The molecule has 1 N–H and O–H groups in total. The van der Waals surface area contributed by atoms with Gasteiger partial charge in [0.05, 0.1) is 37.1 Å². The van der Waals surface area contributed by atoms with Gasteiger partial charge in [0.25, 0.3) is 0 Å². The normalized spacial score (nSPS) is 11.2. The van der Waals surface area contributed by atoms with E-state index in [0.717, 1.165) is 37.6 Å². The van der Waals surface area contributed by atoms with Crippen molar-refractivity contribution in [3.63, 3.8) is 0 Å². The topological polar surface area (TPSA) is 56.9 Å². The lowest BCUT2D eigenvalue weighted by molar-refractivity contribution is 0.199. The third-order valence-corrected chi connectivity index (χ3v) is 3.54. The van der Waals surface area contributed by atoms with Gasteiger partial charge in [-0.25, -0.2) is 4.98 Å². The molecule has 0 unspecified atom stereocenters. The number of nitrogens with zero attached hydrogens (tertiary/aromatic N) is 4. The van der Waals surface area contributed by atoms with Crippen molar-refractivity contribution < 1.29 is 4.74 Å². The Morgan fingerprint density at radius 1 is 1.35 bits per heavy atom. The number of hydrogen-bond donors (Lipinski definition) is 1. The molecule has 0 aromatic carbocycles. The number of methoxy groups -OCH3 is 1. The second-order valence-corrected chi connectivity index (χ2v) is 4.97. The van der Waals surface area contributed by atoms with Gasteiger partial charge in [-0.1, -0.05) is 0 Å². The summed E-state index contributed by atoms with van der Waals surface area (Å²) in [5.74, 6) is 0. The van der Waals surface area contributed by atoms with Crippen LogP contribution in [0.2, 0.25) is 0 Å². The number of hydrogen-bond acceptors (Lipinski definition) is 4. The Balaban J connectivity index is 2.06. The lowest BCUT2D eigenvalue weighted by Crippen LogP contribution is -2.19. The van der Waals surface area contributed by atoms with Gasteiger partial charge in [0.1, 0.15) is 0 Å². The van der Waals surface area contributed by atoms with E-state index in [2.05, 4.69) is 29.2 Å². The van der Waals surface area contributed by atoms with Gasteiger partial charge >= 0.3 is 0 Å². The number of ether oxygens (including phenoxy) is 1. The molecule has 0 atom stereocenters. The van der Waals surface area contributed by atoms with Crippen molar-refractivity contribution in [3.8, 4) is 0 Å². The van der Waals surface area contributed by atoms with Gasteiger partial charge in [-0.2, -0.15) is 5.10 Å². The van der Waals surface area contributed by atoms with Gasteiger partial charge in [0, 0.05) is 38.5 Å². The van der Waals surface area contributed by atoms with Crippen LogP contribution in [-0.2, 0) is 24.9 Å². The molecule has 2 aromatic heterocycles. The molecule has 0 aliphatic heterocycles. The largest absolute Gasteiger partial charge is 0.383 e. The quantitative estimate of drug-likeness (QED) is 0.768. The highest BCUT2D eigenvalue weighted by Gasteiger charge is 2.12. The van der Waals surface area contributed by atoms with Gasteiger partial charge in [0.15, 0.2) is 0 Å². The number of aryl methyl sites for hydroxylation is 2. The molecule has 0 amide bonds. The van der Waals surface area contributed by atoms with Crippen LogP contribution in [-0.4, -0.2) is 39.6 Å². The van der Waals surface area contributed by atoms with Gasteiger partial charge < -0.3 is 14.6 Å². The molecule has 0 fully saturated rings. The van der Waals surface area contributed by atoms with Crippen LogP contribution in [0.15, 0.2) is 12.5 Å². The molecule has 110 valence electrons. The summed E-state index contributed by atoms with van der Waals surface area (Å²) in [6.45, 7) is 7.32. The molecule has 0 spiro atoms. The monoisotopic (exact) mass is 277 g/mol. The molecule has 0 bridgehead atoms. The van der Waals surface area contributed by atoms with E-state index in [1.165, 1.54) is 11.3 Å². The van der Waals surface area contributed by atoms with Crippen molar-refractivity contribution in [3.05, 3.63) is 35.2 Å². The highest BCUT2D eigenvalue weighted by atomic mass is 16.5. The molecule has 6 heteroatoms. The molecule has 0 aliphatic rings. The van der Waals surface area contributed by atoms with E-state index in [9.17, 15) is 0 Å². The molecule has 0 saturated carbocycles. The van der Waals surface area contributed by atoms with Crippen LogP contribution >= 0.6 is 0 Å². The van der Waals surface area contributed by atoms with Gasteiger partial charge in [-0.05, 0) is 13.8 Å². The van der Waals surface area contributed by atoms with Gasteiger partial charge in [-0.3, -0.25) is 4.68 Å². The zero-order valence-corrected chi connectivity index (χ0v) is 12.7. The summed E-state index contributed by atoms with van der Waals surface area (Å²) in [5, 5.41) is 8.00. The van der Waals surface area contributed by atoms with Crippen molar-refractivity contribution in [2.75, 3.05) is 20.3 Å². The van der Waals surface area contributed by atoms with Crippen LogP contribution < -0.4 is 5.32 Å². The first-order chi connectivity index (χ1) is 9.63. The summed E-state index contributed by atoms with van der Waals surface area (Å²) < 4.78 is 9.10. The lowest BCUT2D eigenvalue weighted by Gasteiger charge is -2.07. The Hall–Kier alpha value is -1.66. The summed E-state index contributed by atoms with van der Waals surface area (Å²) in [5.41, 5.74) is 4.70. The van der Waals surface area contributed by atoms with E-state index < -0.39 is 0 Å². The minimum atomic E-state index is 0.723. The second kappa shape index (κ2) is 6.67. The molecule has 0 radical (unpaired) electrons. The van der Waals surface area contributed by atoms with Gasteiger partial charge in [-0.15, -0.1) is 0 Å². The summed E-state index contributed by atoms with van der Waals surface area (Å²) in [4.78, 5) is 4.14. The molecule has 2 aromatic rings. The summed E-state index contributed by atoms with van der Waals surface area (Å²) in [6, 6.07) is 0.